The summed E-state index contributed by atoms with van der Waals surface area (Å²) in [5, 5.41) is 0. The Kier molecular flexibility index (Phi) is 5.81. The minimum atomic E-state index is -0.531. The van der Waals surface area contributed by atoms with Crippen molar-refractivity contribution >= 4 is 17.8 Å². The molecule has 0 radical (unpaired) electrons. The molecular formula is C19H25N3O3. The van der Waals surface area contributed by atoms with E-state index in [9.17, 15) is 14.4 Å². The molecule has 0 aromatic heterocycles. The molecule has 0 aliphatic carbocycles. The summed E-state index contributed by atoms with van der Waals surface area (Å²) in [6.07, 6.45) is 4.87. The van der Waals surface area contributed by atoms with Crippen LogP contribution in [-0.4, -0.2) is 65.3 Å². The molecule has 134 valence electrons. The van der Waals surface area contributed by atoms with Gasteiger partial charge in [0.15, 0.2) is 0 Å². The first-order valence-electron chi connectivity index (χ1n) is 9.10. The molecule has 2 heterocycles. The number of imide groups is 3. The lowest BCUT2D eigenvalue weighted by Crippen LogP contribution is -2.55. The average molecular weight is 343 g/mol. The van der Waals surface area contributed by atoms with Crippen molar-refractivity contribution in [1.82, 2.24) is 14.7 Å². The standard InChI is InChI=1S/C19H25N3O3/c23-17-10-15-21(14-7-13-20-11-5-2-6-12-20)19(25)22(17)18(24)16-8-3-1-4-9-16/h1,3-4,8-9H,2,5-7,10-15H2. The lowest BCUT2D eigenvalue weighted by molar-refractivity contribution is -0.128. The fraction of sp³-hybridized carbons (Fsp3) is 0.526. The highest BCUT2D eigenvalue weighted by Gasteiger charge is 2.36. The number of piperidine rings is 1. The topological polar surface area (TPSA) is 60.9 Å². The van der Waals surface area contributed by atoms with Crippen LogP contribution in [0.1, 0.15) is 42.5 Å². The minimum Gasteiger partial charge on any atom is -0.323 e. The summed E-state index contributed by atoms with van der Waals surface area (Å²) in [5.41, 5.74) is 0.361. The van der Waals surface area contributed by atoms with Crippen molar-refractivity contribution in [2.45, 2.75) is 32.1 Å². The van der Waals surface area contributed by atoms with Crippen LogP contribution in [0.3, 0.4) is 0 Å². The van der Waals surface area contributed by atoms with E-state index >= 15 is 0 Å². The summed E-state index contributed by atoms with van der Waals surface area (Å²) in [7, 11) is 0. The molecule has 0 bridgehead atoms. The van der Waals surface area contributed by atoms with Crippen LogP contribution in [0.15, 0.2) is 30.3 Å². The van der Waals surface area contributed by atoms with Crippen molar-refractivity contribution in [1.29, 1.82) is 0 Å². The van der Waals surface area contributed by atoms with Crippen molar-refractivity contribution in [3.05, 3.63) is 35.9 Å². The van der Waals surface area contributed by atoms with Crippen molar-refractivity contribution in [2.24, 2.45) is 0 Å². The minimum absolute atomic E-state index is 0.202. The molecule has 0 atom stereocenters. The zero-order valence-electron chi connectivity index (χ0n) is 14.5. The fourth-order valence-corrected chi connectivity index (χ4v) is 3.47. The molecule has 6 heteroatoms. The van der Waals surface area contributed by atoms with Crippen molar-refractivity contribution in [3.8, 4) is 0 Å². The molecule has 2 fully saturated rings. The Morgan fingerprint density at radius 3 is 2.36 bits per heavy atom. The van der Waals surface area contributed by atoms with Gasteiger partial charge in [-0.1, -0.05) is 24.6 Å². The van der Waals surface area contributed by atoms with Crippen molar-refractivity contribution < 1.29 is 14.4 Å². The molecule has 1 aromatic carbocycles. The summed E-state index contributed by atoms with van der Waals surface area (Å²) < 4.78 is 0. The summed E-state index contributed by atoms with van der Waals surface area (Å²) in [5.74, 6) is -0.942. The van der Waals surface area contributed by atoms with Gasteiger partial charge in [0, 0.05) is 25.1 Å². The number of carbonyl (C=O) groups excluding carboxylic acids is 3. The lowest BCUT2D eigenvalue weighted by atomic mass is 10.1. The van der Waals surface area contributed by atoms with Crippen LogP contribution < -0.4 is 0 Å². The van der Waals surface area contributed by atoms with Gasteiger partial charge in [-0.3, -0.25) is 9.59 Å². The quantitative estimate of drug-likeness (QED) is 0.770. The Morgan fingerprint density at radius 2 is 1.64 bits per heavy atom. The lowest BCUT2D eigenvalue weighted by Gasteiger charge is -2.34. The fourth-order valence-electron chi connectivity index (χ4n) is 3.47. The van der Waals surface area contributed by atoms with Gasteiger partial charge in [-0.05, 0) is 51.0 Å². The number of benzene rings is 1. The molecule has 6 nitrogen and oxygen atoms in total. The number of carbonyl (C=O) groups is 3. The Labute approximate surface area is 148 Å². The third-order valence-corrected chi connectivity index (χ3v) is 4.88. The average Bonchev–Trinajstić information content (AvgIpc) is 2.65. The smallest absolute Gasteiger partial charge is 0.323 e. The number of urea groups is 1. The zero-order chi connectivity index (χ0) is 17.6. The number of hydrogen-bond donors (Lipinski definition) is 0. The van der Waals surface area contributed by atoms with Gasteiger partial charge in [0.1, 0.15) is 0 Å². The van der Waals surface area contributed by atoms with E-state index in [-0.39, 0.29) is 6.42 Å². The van der Waals surface area contributed by atoms with Crippen LogP contribution in [0.2, 0.25) is 0 Å². The summed E-state index contributed by atoms with van der Waals surface area (Å²) in [6.45, 7) is 4.21. The monoisotopic (exact) mass is 343 g/mol. The summed E-state index contributed by atoms with van der Waals surface area (Å²) in [6, 6.07) is 8.01. The van der Waals surface area contributed by atoms with Gasteiger partial charge >= 0.3 is 6.03 Å². The number of likely N-dealkylation sites (tertiary alicyclic amines) is 1. The molecule has 0 N–H and O–H groups in total. The second-order valence-corrected chi connectivity index (χ2v) is 6.68. The second kappa shape index (κ2) is 8.25. The van der Waals surface area contributed by atoms with Crippen LogP contribution in [0, 0.1) is 0 Å². The van der Waals surface area contributed by atoms with Crippen LogP contribution in [0.5, 0.6) is 0 Å². The Morgan fingerprint density at radius 1 is 0.920 bits per heavy atom. The third kappa shape index (κ3) is 4.25. The van der Waals surface area contributed by atoms with Crippen LogP contribution in [0.25, 0.3) is 0 Å². The molecule has 1 aromatic rings. The molecule has 0 saturated carbocycles. The van der Waals surface area contributed by atoms with Crippen molar-refractivity contribution in [2.75, 3.05) is 32.7 Å². The van der Waals surface area contributed by atoms with Gasteiger partial charge in [0.25, 0.3) is 5.91 Å². The molecule has 2 saturated heterocycles. The highest BCUT2D eigenvalue weighted by atomic mass is 16.2. The predicted molar refractivity (Wildman–Crippen MR) is 94.1 cm³/mol. The van der Waals surface area contributed by atoms with E-state index in [0.717, 1.165) is 31.0 Å². The van der Waals surface area contributed by atoms with E-state index < -0.39 is 17.8 Å². The molecule has 0 spiro atoms. The zero-order valence-corrected chi connectivity index (χ0v) is 14.5. The Hall–Kier alpha value is -2.21. The molecule has 2 aliphatic heterocycles. The van der Waals surface area contributed by atoms with E-state index in [2.05, 4.69) is 4.90 Å². The third-order valence-electron chi connectivity index (χ3n) is 4.88. The van der Waals surface area contributed by atoms with Gasteiger partial charge in [0.05, 0.1) is 0 Å². The first-order chi connectivity index (χ1) is 12.2. The number of amides is 4. The van der Waals surface area contributed by atoms with Gasteiger partial charge in [-0.15, -0.1) is 0 Å². The van der Waals surface area contributed by atoms with Gasteiger partial charge in [0.2, 0.25) is 5.91 Å². The number of rotatable bonds is 5. The van der Waals surface area contributed by atoms with E-state index in [1.807, 2.05) is 0 Å². The highest BCUT2D eigenvalue weighted by Crippen LogP contribution is 2.16. The Bertz CT molecular complexity index is 626. The largest absolute Gasteiger partial charge is 0.333 e. The molecule has 25 heavy (non-hydrogen) atoms. The van der Waals surface area contributed by atoms with E-state index in [1.54, 1.807) is 35.2 Å². The molecule has 0 unspecified atom stereocenters. The maximum absolute atomic E-state index is 12.6. The maximum atomic E-state index is 12.6. The van der Waals surface area contributed by atoms with E-state index in [1.165, 1.54) is 19.3 Å². The van der Waals surface area contributed by atoms with Crippen molar-refractivity contribution in [3.63, 3.8) is 0 Å². The Balaban J connectivity index is 1.58. The normalized spacial score (nSPS) is 19.4. The number of hydrogen-bond acceptors (Lipinski definition) is 4. The summed E-state index contributed by atoms with van der Waals surface area (Å²) >= 11 is 0. The van der Waals surface area contributed by atoms with Gasteiger partial charge in [-0.25, -0.2) is 4.79 Å². The molecular weight excluding hydrogens is 318 g/mol. The predicted octanol–water partition coefficient (Wildman–Crippen LogP) is 2.36. The first kappa shape index (κ1) is 17.6. The first-order valence-corrected chi connectivity index (χ1v) is 9.10. The van der Waals surface area contributed by atoms with Gasteiger partial charge in [-0.2, -0.15) is 4.90 Å². The highest BCUT2D eigenvalue weighted by molar-refractivity contribution is 6.16. The van der Waals surface area contributed by atoms with E-state index in [0.29, 0.717) is 18.7 Å². The maximum Gasteiger partial charge on any atom is 0.333 e. The van der Waals surface area contributed by atoms with Crippen LogP contribution in [0.4, 0.5) is 4.79 Å². The van der Waals surface area contributed by atoms with E-state index in [4.69, 9.17) is 0 Å². The second-order valence-electron chi connectivity index (χ2n) is 6.68. The van der Waals surface area contributed by atoms with Crippen LogP contribution >= 0.6 is 0 Å². The molecule has 3 rings (SSSR count). The number of nitrogens with zero attached hydrogens (tertiary/aromatic N) is 3. The molecule has 2 aliphatic rings. The van der Waals surface area contributed by atoms with Crippen LogP contribution in [-0.2, 0) is 4.79 Å². The van der Waals surface area contributed by atoms with Gasteiger partial charge < -0.3 is 9.80 Å². The summed E-state index contributed by atoms with van der Waals surface area (Å²) in [4.78, 5) is 42.2. The molecule has 4 amide bonds. The SMILES string of the molecule is O=C1CCN(CCCN2CCCCC2)C(=O)N1C(=O)c1ccccc1.